The molecule has 2 saturated carbocycles. The summed E-state index contributed by atoms with van der Waals surface area (Å²) in [5.74, 6) is 0.882. The van der Waals surface area contributed by atoms with Crippen molar-refractivity contribution in [3.05, 3.63) is 0 Å². The molecule has 0 heterocycles. The fraction of sp³-hybridized carbons (Fsp3) is 1.00. The molecular formula is C19H38N2. The molecule has 2 fully saturated rings. The SMILES string of the molecule is CCCNC1CCCCCC1CN(C)C1CCCCCC1. The second kappa shape index (κ2) is 9.84. The second-order valence-electron chi connectivity index (χ2n) is 7.54. The standard InChI is InChI=1S/C19H38N2/c1-3-15-20-19-14-10-6-7-11-17(19)16-21(2)18-12-8-4-5-9-13-18/h17-20H,3-16H2,1-2H3. The molecule has 2 atom stereocenters. The van der Waals surface area contributed by atoms with E-state index in [0.717, 1.165) is 18.0 Å². The second-order valence-corrected chi connectivity index (χ2v) is 7.54. The zero-order valence-electron chi connectivity index (χ0n) is 14.6. The molecule has 124 valence electrons. The maximum atomic E-state index is 3.86. The Morgan fingerprint density at radius 1 is 0.857 bits per heavy atom. The van der Waals surface area contributed by atoms with E-state index < -0.39 is 0 Å². The summed E-state index contributed by atoms with van der Waals surface area (Å²) in [6, 6.07) is 1.64. The zero-order chi connectivity index (χ0) is 14.9. The quantitative estimate of drug-likeness (QED) is 0.721. The Morgan fingerprint density at radius 3 is 2.19 bits per heavy atom. The Kier molecular flexibility index (Phi) is 8.10. The summed E-state index contributed by atoms with van der Waals surface area (Å²) in [6.45, 7) is 4.82. The van der Waals surface area contributed by atoms with Crippen molar-refractivity contribution in [1.82, 2.24) is 10.2 Å². The Morgan fingerprint density at radius 2 is 1.48 bits per heavy atom. The van der Waals surface area contributed by atoms with Gasteiger partial charge in [0.2, 0.25) is 0 Å². The molecule has 0 aromatic rings. The molecule has 2 nitrogen and oxygen atoms in total. The number of rotatable bonds is 6. The fourth-order valence-corrected chi connectivity index (χ4v) is 4.42. The van der Waals surface area contributed by atoms with Crippen molar-refractivity contribution in [1.29, 1.82) is 0 Å². The third-order valence-electron chi connectivity index (χ3n) is 5.79. The van der Waals surface area contributed by atoms with Crippen LogP contribution in [0.2, 0.25) is 0 Å². The third kappa shape index (κ3) is 5.90. The monoisotopic (exact) mass is 294 g/mol. The highest BCUT2D eigenvalue weighted by molar-refractivity contribution is 4.83. The van der Waals surface area contributed by atoms with Crippen LogP contribution in [-0.2, 0) is 0 Å². The van der Waals surface area contributed by atoms with Gasteiger partial charge in [0.15, 0.2) is 0 Å². The Bertz CT molecular complexity index is 258. The lowest BCUT2D eigenvalue weighted by molar-refractivity contribution is 0.164. The van der Waals surface area contributed by atoms with Crippen LogP contribution >= 0.6 is 0 Å². The first-order chi connectivity index (χ1) is 10.3. The predicted molar refractivity (Wildman–Crippen MR) is 92.8 cm³/mol. The van der Waals surface area contributed by atoms with Crippen molar-refractivity contribution >= 4 is 0 Å². The van der Waals surface area contributed by atoms with E-state index in [2.05, 4.69) is 24.2 Å². The van der Waals surface area contributed by atoms with E-state index >= 15 is 0 Å². The molecule has 21 heavy (non-hydrogen) atoms. The van der Waals surface area contributed by atoms with Gasteiger partial charge in [-0.1, -0.05) is 51.9 Å². The van der Waals surface area contributed by atoms with Crippen LogP contribution in [-0.4, -0.2) is 37.1 Å². The number of hydrogen-bond donors (Lipinski definition) is 1. The van der Waals surface area contributed by atoms with Crippen molar-refractivity contribution in [2.75, 3.05) is 20.1 Å². The summed E-state index contributed by atoms with van der Waals surface area (Å²) in [7, 11) is 2.40. The molecular weight excluding hydrogens is 256 g/mol. The van der Waals surface area contributed by atoms with Crippen molar-refractivity contribution in [2.45, 2.75) is 96.1 Å². The molecule has 0 amide bonds. The molecule has 0 aromatic heterocycles. The van der Waals surface area contributed by atoms with Crippen LogP contribution in [0.15, 0.2) is 0 Å². The first-order valence-corrected chi connectivity index (χ1v) is 9.75. The molecule has 2 aliphatic carbocycles. The van der Waals surface area contributed by atoms with E-state index in [0.29, 0.717) is 0 Å². The maximum Gasteiger partial charge on any atom is 0.0107 e. The van der Waals surface area contributed by atoms with Gasteiger partial charge < -0.3 is 10.2 Å². The van der Waals surface area contributed by atoms with Gasteiger partial charge in [-0.05, 0) is 51.6 Å². The first kappa shape index (κ1) is 17.3. The fourth-order valence-electron chi connectivity index (χ4n) is 4.42. The highest BCUT2D eigenvalue weighted by Gasteiger charge is 2.26. The van der Waals surface area contributed by atoms with Crippen molar-refractivity contribution in [3.63, 3.8) is 0 Å². The molecule has 0 radical (unpaired) electrons. The molecule has 2 aliphatic rings. The number of nitrogens with zero attached hydrogens (tertiary/aromatic N) is 1. The van der Waals surface area contributed by atoms with E-state index in [1.54, 1.807) is 0 Å². The minimum Gasteiger partial charge on any atom is -0.314 e. The van der Waals surface area contributed by atoms with Crippen LogP contribution in [0, 0.1) is 5.92 Å². The molecule has 0 bridgehead atoms. The van der Waals surface area contributed by atoms with Crippen LogP contribution < -0.4 is 5.32 Å². The highest BCUT2D eigenvalue weighted by Crippen LogP contribution is 2.27. The predicted octanol–water partition coefficient (Wildman–Crippen LogP) is 4.59. The smallest absolute Gasteiger partial charge is 0.0107 e. The van der Waals surface area contributed by atoms with Crippen molar-refractivity contribution in [3.8, 4) is 0 Å². The third-order valence-corrected chi connectivity index (χ3v) is 5.79. The molecule has 2 rings (SSSR count). The van der Waals surface area contributed by atoms with E-state index in [4.69, 9.17) is 0 Å². The van der Waals surface area contributed by atoms with E-state index in [9.17, 15) is 0 Å². The van der Waals surface area contributed by atoms with E-state index in [1.807, 2.05) is 0 Å². The van der Waals surface area contributed by atoms with Gasteiger partial charge in [0.1, 0.15) is 0 Å². The molecule has 0 aliphatic heterocycles. The van der Waals surface area contributed by atoms with Crippen LogP contribution in [0.1, 0.15) is 84.0 Å². The van der Waals surface area contributed by atoms with Crippen LogP contribution in [0.25, 0.3) is 0 Å². The summed E-state index contributed by atoms with van der Waals surface area (Å²) in [4.78, 5) is 2.72. The molecule has 2 heteroatoms. The lowest BCUT2D eigenvalue weighted by Gasteiger charge is -2.34. The van der Waals surface area contributed by atoms with E-state index in [1.165, 1.54) is 90.1 Å². The summed E-state index contributed by atoms with van der Waals surface area (Å²) in [5, 5.41) is 3.86. The molecule has 2 unspecified atom stereocenters. The Labute approximate surface area is 133 Å². The van der Waals surface area contributed by atoms with Crippen molar-refractivity contribution in [2.24, 2.45) is 5.92 Å². The average Bonchev–Trinajstić information content (AvgIpc) is 2.88. The Hall–Kier alpha value is -0.0800. The van der Waals surface area contributed by atoms with Gasteiger partial charge in [-0.3, -0.25) is 0 Å². The van der Waals surface area contributed by atoms with Crippen LogP contribution in [0.4, 0.5) is 0 Å². The van der Waals surface area contributed by atoms with Gasteiger partial charge in [0, 0.05) is 18.6 Å². The van der Waals surface area contributed by atoms with Gasteiger partial charge in [-0.2, -0.15) is 0 Å². The lowest BCUT2D eigenvalue weighted by atomic mass is 9.93. The zero-order valence-corrected chi connectivity index (χ0v) is 14.6. The summed E-state index contributed by atoms with van der Waals surface area (Å²) < 4.78 is 0. The first-order valence-electron chi connectivity index (χ1n) is 9.75. The van der Waals surface area contributed by atoms with Gasteiger partial charge in [-0.25, -0.2) is 0 Å². The number of hydrogen-bond acceptors (Lipinski definition) is 2. The maximum absolute atomic E-state index is 3.86. The summed E-state index contributed by atoms with van der Waals surface area (Å²) >= 11 is 0. The Balaban J connectivity index is 1.86. The summed E-state index contributed by atoms with van der Waals surface area (Å²) in [5.41, 5.74) is 0. The van der Waals surface area contributed by atoms with Crippen LogP contribution in [0.3, 0.4) is 0 Å². The molecule has 0 spiro atoms. The molecule has 0 aromatic carbocycles. The average molecular weight is 295 g/mol. The lowest BCUT2D eigenvalue weighted by Crippen LogP contribution is -2.44. The molecule has 0 saturated heterocycles. The summed E-state index contributed by atoms with van der Waals surface area (Å²) in [6.07, 6.45) is 17.2. The van der Waals surface area contributed by atoms with Gasteiger partial charge in [0.25, 0.3) is 0 Å². The minimum absolute atomic E-state index is 0.778. The largest absolute Gasteiger partial charge is 0.314 e. The minimum atomic E-state index is 0.778. The highest BCUT2D eigenvalue weighted by atomic mass is 15.1. The van der Waals surface area contributed by atoms with Crippen molar-refractivity contribution < 1.29 is 0 Å². The van der Waals surface area contributed by atoms with Crippen LogP contribution in [0.5, 0.6) is 0 Å². The van der Waals surface area contributed by atoms with Gasteiger partial charge >= 0.3 is 0 Å². The topological polar surface area (TPSA) is 15.3 Å². The number of nitrogens with one attached hydrogen (secondary N) is 1. The van der Waals surface area contributed by atoms with Gasteiger partial charge in [-0.15, -0.1) is 0 Å². The molecule has 1 N–H and O–H groups in total. The normalized spacial score (nSPS) is 29.3. The van der Waals surface area contributed by atoms with E-state index in [-0.39, 0.29) is 0 Å². The van der Waals surface area contributed by atoms with Gasteiger partial charge in [0.05, 0.1) is 0 Å².